The molecule has 1 N–H and O–H groups in total. The normalized spacial score (nSPS) is 15.7. The highest BCUT2D eigenvalue weighted by atomic mass is 19.1. The molecule has 1 amide bonds. The van der Waals surface area contributed by atoms with Gasteiger partial charge in [-0.25, -0.2) is 4.39 Å². The van der Waals surface area contributed by atoms with E-state index in [1.54, 1.807) is 12.1 Å². The smallest absolute Gasteiger partial charge is 0.223 e. The Hall–Kier alpha value is -1.46. The average Bonchev–Trinajstić information content (AvgIpc) is 2.48. The van der Waals surface area contributed by atoms with Crippen molar-refractivity contribution in [3.05, 3.63) is 35.6 Å². The summed E-state index contributed by atoms with van der Waals surface area (Å²) >= 11 is 0. The van der Waals surface area contributed by atoms with Gasteiger partial charge >= 0.3 is 0 Å². The third-order valence-corrected chi connectivity index (χ3v) is 3.58. The average molecular weight is 279 g/mol. The molecular formula is C15H22FN3O. The lowest BCUT2D eigenvalue weighted by Crippen LogP contribution is -2.47. The molecule has 0 radical (unpaired) electrons. The summed E-state index contributed by atoms with van der Waals surface area (Å²) in [6.07, 6.45) is 0.491. The Morgan fingerprint density at radius 1 is 1.35 bits per heavy atom. The van der Waals surface area contributed by atoms with Gasteiger partial charge in [0.15, 0.2) is 0 Å². The van der Waals surface area contributed by atoms with E-state index >= 15 is 0 Å². The van der Waals surface area contributed by atoms with Crippen LogP contribution in [0.1, 0.15) is 12.0 Å². The first-order valence-electron chi connectivity index (χ1n) is 7.07. The molecular weight excluding hydrogens is 257 g/mol. The minimum absolute atomic E-state index is 0.187. The molecule has 1 heterocycles. The molecule has 20 heavy (non-hydrogen) atoms. The van der Waals surface area contributed by atoms with Crippen LogP contribution < -0.4 is 5.32 Å². The number of halogens is 1. The SMILES string of the molecule is CN(CCC(=O)N1CCNCC1)Cc1ccccc1F. The molecule has 1 saturated heterocycles. The fourth-order valence-corrected chi connectivity index (χ4v) is 2.36. The Balaban J connectivity index is 1.76. The second-order valence-electron chi connectivity index (χ2n) is 5.21. The summed E-state index contributed by atoms with van der Waals surface area (Å²) in [5.41, 5.74) is 0.671. The van der Waals surface area contributed by atoms with Crippen molar-refractivity contribution in [3.63, 3.8) is 0 Å². The monoisotopic (exact) mass is 279 g/mol. The van der Waals surface area contributed by atoms with Gasteiger partial charge in [-0.1, -0.05) is 18.2 Å². The van der Waals surface area contributed by atoms with Gasteiger partial charge in [0.05, 0.1) is 0 Å². The first-order chi connectivity index (χ1) is 9.66. The summed E-state index contributed by atoms with van der Waals surface area (Å²) in [7, 11) is 1.91. The van der Waals surface area contributed by atoms with E-state index in [2.05, 4.69) is 5.32 Å². The number of hydrogen-bond acceptors (Lipinski definition) is 3. The fourth-order valence-electron chi connectivity index (χ4n) is 2.36. The zero-order valence-corrected chi connectivity index (χ0v) is 11.9. The third-order valence-electron chi connectivity index (χ3n) is 3.58. The summed E-state index contributed by atoms with van der Waals surface area (Å²) in [5.74, 6) is -0.000310. The number of piperazine rings is 1. The van der Waals surface area contributed by atoms with Gasteiger partial charge in [0.2, 0.25) is 5.91 Å². The molecule has 0 aliphatic carbocycles. The second kappa shape index (κ2) is 7.36. The summed E-state index contributed by atoms with van der Waals surface area (Å²) in [6, 6.07) is 6.77. The molecule has 0 saturated carbocycles. The Labute approximate surface area is 119 Å². The van der Waals surface area contributed by atoms with Crippen molar-refractivity contribution in [1.82, 2.24) is 15.1 Å². The number of nitrogens with one attached hydrogen (secondary N) is 1. The molecule has 0 spiro atoms. The van der Waals surface area contributed by atoms with E-state index in [-0.39, 0.29) is 11.7 Å². The first-order valence-corrected chi connectivity index (χ1v) is 7.07. The van der Waals surface area contributed by atoms with Crippen LogP contribution in [0.2, 0.25) is 0 Å². The van der Waals surface area contributed by atoms with Gasteiger partial charge < -0.3 is 15.1 Å². The fraction of sp³-hybridized carbons (Fsp3) is 0.533. The van der Waals surface area contributed by atoms with E-state index < -0.39 is 0 Å². The predicted molar refractivity (Wildman–Crippen MR) is 76.8 cm³/mol. The molecule has 1 aromatic carbocycles. The lowest BCUT2D eigenvalue weighted by Gasteiger charge is -2.28. The van der Waals surface area contributed by atoms with E-state index in [1.807, 2.05) is 22.9 Å². The van der Waals surface area contributed by atoms with Crippen molar-refractivity contribution < 1.29 is 9.18 Å². The van der Waals surface area contributed by atoms with E-state index in [4.69, 9.17) is 0 Å². The highest BCUT2D eigenvalue weighted by molar-refractivity contribution is 5.76. The number of rotatable bonds is 5. The summed E-state index contributed by atoms with van der Waals surface area (Å²) in [4.78, 5) is 15.9. The van der Waals surface area contributed by atoms with Crippen LogP contribution in [0.3, 0.4) is 0 Å². The molecule has 0 atom stereocenters. The van der Waals surface area contributed by atoms with Gasteiger partial charge in [-0.3, -0.25) is 4.79 Å². The zero-order valence-electron chi connectivity index (χ0n) is 11.9. The predicted octanol–water partition coefficient (Wildman–Crippen LogP) is 1.08. The van der Waals surface area contributed by atoms with Crippen LogP contribution in [0.4, 0.5) is 4.39 Å². The topological polar surface area (TPSA) is 35.6 Å². The van der Waals surface area contributed by atoms with Crippen molar-refractivity contribution in [2.75, 3.05) is 39.8 Å². The standard InChI is InChI=1S/C15H22FN3O/c1-18(12-13-4-2-3-5-14(13)16)9-6-15(20)19-10-7-17-8-11-19/h2-5,17H,6-12H2,1H3. The largest absolute Gasteiger partial charge is 0.340 e. The molecule has 5 heteroatoms. The summed E-state index contributed by atoms with van der Waals surface area (Å²) in [6.45, 7) is 4.50. The number of carbonyl (C=O) groups excluding carboxylic acids is 1. The van der Waals surface area contributed by atoms with Gasteiger partial charge in [-0.15, -0.1) is 0 Å². The van der Waals surface area contributed by atoms with Crippen LogP contribution in [0.15, 0.2) is 24.3 Å². The number of hydrogen-bond donors (Lipinski definition) is 1. The molecule has 0 unspecified atom stereocenters. The molecule has 1 aliphatic rings. The number of nitrogens with zero attached hydrogens (tertiary/aromatic N) is 2. The van der Waals surface area contributed by atoms with Crippen molar-refractivity contribution in [2.24, 2.45) is 0 Å². The minimum Gasteiger partial charge on any atom is -0.340 e. The van der Waals surface area contributed by atoms with Gasteiger partial charge in [-0.05, 0) is 13.1 Å². The molecule has 2 rings (SSSR count). The van der Waals surface area contributed by atoms with Crippen LogP contribution in [0.5, 0.6) is 0 Å². The summed E-state index contributed by atoms with van der Waals surface area (Å²) < 4.78 is 13.5. The van der Waals surface area contributed by atoms with Gasteiger partial charge in [-0.2, -0.15) is 0 Å². The van der Waals surface area contributed by atoms with Crippen LogP contribution in [0.25, 0.3) is 0 Å². The van der Waals surface area contributed by atoms with Crippen molar-refractivity contribution in [3.8, 4) is 0 Å². The molecule has 4 nitrogen and oxygen atoms in total. The van der Waals surface area contributed by atoms with E-state index in [9.17, 15) is 9.18 Å². The van der Waals surface area contributed by atoms with Gasteiger partial charge in [0, 0.05) is 51.3 Å². The van der Waals surface area contributed by atoms with Crippen molar-refractivity contribution >= 4 is 5.91 Å². The van der Waals surface area contributed by atoms with Crippen molar-refractivity contribution in [2.45, 2.75) is 13.0 Å². The first kappa shape index (κ1) is 14.9. The lowest BCUT2D eigenvalue weighted by molar-refractivity contribution is -0.132. The molecule has 0 aromatic heterocycles. The van der Waals surface area contributed by atoms with E-state index in [0.29, 0.717) is 25.1 Å². The number of carbonyl (C=O) groups is 1. The van der Waals surface area contributed by atoms with Gasteiger partial charge in [0.1, 0.15) is 5.82 Å². The van der Waals surface area contributed by atoms with Crippen LogP contribution in [-0.2, 0) is 11.3 Å². The molecule has 110 valence electrons. The Bertz CT molecular complexity index is 446. The van der Waals surface area contributed by atoms with Crippen LogP contribution in [0, 0.1) is 5.82 Å². The molecule has 1 aromatic rings. The highest BCUT2D eigenvalue weighted by Crippen LogP contribution is 2.09. The Kier molecular flexibility index (Phi) is 5.49. The van der Waals surface area contributed by atoms with Gasteiger partial charge in [0.25, 0.3) is 0 Å². The number of benzene rings is 1. The molecule has 1 fully saturated rings. The third kappa shape index (κ3) is 4.28. The maximum atomic E-state index is 13.5. The van der Waals surface area contributed by atoms with E-state index in [0.717, 1.165) is 26.2 Å². The lowest BCUT2D eigenvalue weighted by atomic mass is 10.2. The maximum Gasteiger partial charge on any atom is 0.223 e. The van der Waals surface area contributed by atoms with Crippen LogP contribution >= 0.6 is 0 Å². The Morgan fingerprint density at radius 3 is 2.75 bits per heavy atom. The summed E-state index contributed by atoms with van der Waals surface area (Å²) in [5, 5.41) is 3.23. The highest BCUT2D eigenvalue weighted by Gasteiger charge is 2.16. The number of amides is 1. The van der Waals surface area contributed by atoms with Crippen molar-refractivity contribution in [1.29, 1.82) is 0 Å². The minimum atomic E-state index is -0.187. The second-order valence-corrected chi connectivity index (χ2v) is 5.21. The Morgan fingerprint density at radius 2 is 2.05 bits per heavy atom. The molecule has 1 aliphatic heterocycles. The maximum absolute atomic E-state index is 13.5. The zero-order chi connectivity index (χ0) is 14.4. The molecule has 0 bridgehead atoms. The quantitative estimate of drug-likeness (QED) is 0.876. The van der Waals surface area contributed by atoms with Crippen LogP contribution in [-0.4, -0.2) is 55.5 Å². The van der Waals surface area contributed by atoms with E-state index in [1.165, 1.54) is 6.07 Å².